The fraction of sp³-hybridized carbons (Fsp3) is 0.667. The van der Waals surface area contributed by atoms with Crippen LogP contribution in [0.25, 0.3) is 0 Å². The van der Waals surface area contributed by atoms with Crippen LogP contribution in [-0.2, 0) is 9.53 Å². The highest BCUT2D eigenvalue weighted by atomic mass is 35.5. The number of hydrogen-bond donors (Lipinski definition) is 0. The van der Waals surface area contributed by atoms with Crippen LogP contribution >= 0.6 is 12.4 Å². The summed E-state index contributed by atoms with van der Waals surface area (Å²) in [6.07, 6.45) is 2.26. The average molecular weight is 257 g/mol. The first-order chi connectivity index (χ1) is 7.76. The molecule has 0 aromatic rings. The Labute approximate surface area is 108 Å². The van der Waals surface area contributed by atoms with Crippen LogP contribution in [0.3, 0.4) is 0 Å². The highest BCUT2D eigenvalue weighted by molar-refractivity contribution is 5.94. The number of carbonyl (C=O) groups excluding carboxylic acids is 1. The van der Waals surface area contributed by atoms with Crippen molar-refractivity contribution in [3.63, 3.8) is 0 Å². The first-order valence-electron chi connectivity index (χ1n) is 5.79. The summed E-state index contributed by atoms with van der Waals surface area (Å²) in [7, 11) is 0. The topological polar surface area (TPSA) is 53.3 Å². The van der Waals surface area contributed by atoms with Gasteiger partial charge in [0.15, 0.2) is 0 Å². The van der Waals surface area contributed by atoms with E-state index in [1.54, 1.807) is 6.92 Å². The van der Waals surface area contributed by atoms with Crippen molar-refractivity contribution in [2.75, 3.05) is 26.2 Å². The van der Waals surface area contributed by atoms with Gasteiger partial charge in [-0.1, -0.05) is 0 Å². The summed E-state index contributed by atoms with van der Waals surface area (Å²) in [5, 5.41) is 9.08. The minimum atomic E-state index is -0.450. The number of rotatable bonds is 2. The number of nitrogens with zero attached hydrogens (tertiary/aromatic N) is 2. The van der Waals surface area contributed by atoms with E-state index in [0.717, 1.165) is 38.0 Å². The van der Waals surface area contributed by atoms with E-state index >= 15 is 0 Å². The van der Waals surface area contributed by atoms with Crippen molar-refractivity contribution in [1.29, 1.82) is 5.26 Å². The van der Waals surface area contributed by atoms with Crippen molar-refractivity contribution in [3.05, 3.63) is 11.1 Å². The smallest absolute Gasteiger partial charge is 0.348 e. The Bertz CT molecular complexity index is 373. The van der Waals surface area contributed by atoms with Gasteiger partial charge >= 0.3 is 5.97 Å². The van der Waals surface area contributed by atoms with Gasteiger partial charge in [0.05, 0.1) is 6.61 Å². The molecule has 2 aliphatic heterocycles. The SMILES string of the molecule is CCOC(=O)C(C#N)=C1CN2CCC[C@@H]1C2.Cl. The third kappa shape index (κ3) is 2.80. The van der Waals surface area contributed by atoms with E-state index < -0.39 is 5.97 Å². The van der Waals surface area contributed by atoms with Gasteiger partial charge in [0.1, 0.15) is 11.6 Å². The quantitative estimate of drug-likeness (QED) is 0.427. The first kappa shape index (κ1) is 14.0. The molecule has 2 rings (SSSR count). The number of esters is 1. The summed E-state index contributed by atoms with van der Waals surface area (Å²) in [4.78, 5) is 13.9. The van der Waals surface area contributed by atoms with Crippen LogP contribution in [0.4, 0.5) is 0 Å². The van der Waals surface area contributed by atoms with Crippen molar-refractivity contribution >= 4 is 18.4 Å². The molecule has 0 aliphatic carbocycles. The van der Waals surface area contributed by atoms with Crippen molar-refractivity contribution in [2.24, 2.45) is 5.92 Å². The first-order valence-corrected chi connectivity index (χ1v) is 5.79. The van der Waals surface area contributed by atoms with E-state index in [0.29, 0.717) is 12.5 Å². The zero-order valence-electron chi connectivity index (χ0n) is 9.94. The number of ether oxygens (including phenoxy) is 1. The third-order valence-corrected chi connectivity index (χ3v) is 3.30. The lowest BCUT2D eigenvalue weighted by Crippen LogP contribution is -2.25. The van der Waals surface area contributed by atoms with Gasteiger partial charge in [0, 0.05) is 13.1 Å². The molecule has 2 aliphatic rings. The molecule has 0 amide bonds. The molecule has 17 heavy (non-hydrogen) atoms. The molecule has 0 aromatic carbocycles. The molecule has 0 spiro atoms. The maximum atomic E-state index is 11.6. The fourth-order valence-corrected chi connectivity index (χ4v) is 2.59. The Morgan fingerprint density at radius 3 is 3.00 bits per heavy atom. The summed E-state index contributed by atoms with van der Waals surface area (Å²) < 4.78 is 4.92. The molecule has 4 nitrogen and oxygen atoms in total. The average Bonchev–Trinajstić information content (AvgIpc) is 2.56. The number of hydrogen-bond acceptors (Lipinski definition) is 4. The number of piperidine rings is 1. The van der Waals surface area contributed by atoms with Crippen LogP contribution in [0.1, 0.15) is 19.8 Å². The fourth-order valence-electron chi connectivity index (χ4n) is 2.59. The summed E-state index contributed by atoms with van der Waals surface area (Å²) in [5.74, 6) is -0.0541. The molecule has 0 radical (unpaired) electrons. The van der Waals surface area contributed by atoms with E-state index in [9.17, 15) is 4.79 Å². The van der Waals surface area contributed by atoms with Crippen LogP contribution < -0.4 is 0 Å². The molecule has 2 heterocycles. The van der Waals surface area contributed by atoms with Crippen LogP contribution in [0.2, 0.25) is 0 Å². The molecule has 0 N–H and O–H groups in total. The minimum Gasteiger partial charge on any atom is -0.462 e. The predicted octanol–water partition coefficient (Wildman–Crippen LogP) is 1.52. The third-order valence-electron chi connectivity index (χ3n) is 3.30. The maximum absolute atomic E-state index is 11.6. The van der Waals surface area contributed by atoms with Crippen LogP contribution in [-0.4, -0.2) is 37.1 Å². The van der Waals surface area contributed by atoms with E-state index in [4.69, 9.17) is 10.00 Å². The van der Waals surface area contributed by atoms with Gasteiger partial charge in [-0.2, -0.15) is 5.26 Å². The van der Waals surface area contributed by atoms with Gasteiger partial charge in [-0.3, -0.25) is 4.90 Å². The minimum absolute atomic E-state index is 0. The Kier molecular flexibility index (Phi) is 4.98. The molecule has 2 atom stereocenters. The number of carbonyl (C=O) groups is 1. The summed E-state index contributed by atoms with van der Waals surface area (Å²) in [6, 6.07) is 2.02. The van der Waals surface area contributed by atoms with Crippen LogP contribution in [0.15, 0.2) is 11.1 Å². The molecule has 0 aromatic heterocycles. The molecule has 2 fully saturated rings. The van der Waals surface area contributed by atoms with Gasteiger partial charge in [-0.05, 0) is 37.8 Å². The van der Waals surface area contributed by atoms with Gasteiger partial charge < -0.3 is 4.74 Å². The summed E-state index contributed by atoms with van der Waals surface area (Å²) in [6.45, 7) is 4.94. The Morgan fingerprint density at radius 2 is 2.41 bits per heavy atom. The second-order valence-corrected chi connectivity index (χ2v) is 4.31. The lowest BCUT2D eigenvalue weighted by molar-refractivity contribution is -0.138. The Hall–Kier alpha value is -1.05. The largest absolute Gasteiger partial charge is 0.462 e. The number of fused-ring (bicyclic) bond motifs is 2. The summed E-state index contributed by atoms with van der Waals surface area (Å²) >= 11 is 0. The second kappa shape index (κ2) is 6.04. The lowest BCUT2D eigenvalue weighted by atomic mass is 9.93. The molecule has 5 heteroatoms. The maximum Gasteiger partial charge on any atom is 0.348 e. The van der Waals surface area contributed by atoms with Gasteiger partial charge in [-0.15, -0.1) is 12.4 Å². The highest BCUT2D eigenvalue weighted by Crippen LogP contribution is 2.33. The normalized spacial score (nSPS) is 28.9. The second-order valence-electron chi connectivity index (χ2n) is 4.31. The molecule has 2 bridgehead atoms. The molecule has 1 unspecified atom stereocenters. The van der Waals surface area contributed by atoms with Crippen LogP contribution in [0.5, 0.6) is 0 Å². The molecular formula is C12H17ClN2O2. The molecule has 2 saturated heterocycles. The standard InChI is InChI=1S/C12H16N2O2.ClH/c1-2-16-12(15)10(6-13)11-8-14-5-3-4-9(11)7-14;/h9H,2-5,7-8H2,1H3;1H/t9-;/m1./s1. The van der Waals surface area contributed by atoms with E-state index in [1.807, 2.05) is 6.07 Å². The van der Waals surface area contributed by atoms with Gasteiger partial charge in [0.2, 0.25) is 0 Å². The van der Waals surface area contributed by atoms with Crippen LogP contribution in [0, 0.1) is 17.2 Å². The zero-order valence-corrected chi connectivity index (χ0v) is 10.8. The highest BCUT2D eigenvalue weighted by Gasteiger charge is 2.34. The van der Waals surface area contributed by atoms with E-state index in [2.05, 4.69) is 4.90 Å². The van der Waals surface area contributed by atoms with Crippen molar-refractivity contribution in [1.82, 2.24) is 4.90 Å². The van der Waals surface area contributed by atoms with Crippen molar-refractivity contribution in [3.8, 4) is 6.07 Å². The zero-order chi connectivity index (χ0) is 11.5. The number of halogens is 1. The predicted molar refractivity (Wildman–Crippen MR) is 65.7 cm³/mol. The van der Waals surface area contributed by atoms with Crippen molar-refractivity contribution in [2.45, 2.75) is 19.8 Å². The number of nitriles is 1. The van der Waals surface area contributed by atoms with Gasteiger partial charge in [-0.25, -0.2) is 4.79 Å². The van der Waals surface area contributed by atoms with E-state index in [1.165, 1.54) is 0 Å². The Balaban J connectivity index is 0.00000144. The summed E-state index contributed by atoms with van der Waals surface area (Å²) in [5.41, 5.74) is 1.25. The molecule has 0 saturated carbocycles. The Morgan fingerprint density at radius 1 is 1.65 bits per heavy atom. The van der Waals surface area contributed by atoms with E-state index in [-0.39, 0.29) is 18.0 Å². The monoisotopic (exact) mass is 256 g/mol. The molecule has 94 valence electrons. The molecular weight excluding hydrogens is 240 g/mol. The van der Waals surface area contributed by atoms with Crippen molar-refractivity contribution < 1.29 is 9.53 Å². The lowest BCUT2D eigenvalue weighted by Gasteiger charge is -2.20. The van der Waals surface area contributed by atoms with Gasteiger partial charge in [0.25, 0.3) is 0 Å².